The van der Waals surface area contributed by atoms with Gasteiger partial charge in [0.25, 0.3) is 11.6 Å². The first-order chi connectivity index (χ1) is 10.4. The van der Waals surface area contributed by atoms with Gasteiger partial charge in [-0.2, -0.15) is 5.10 Å². The molecule has 1 rings (SSSR count). The van der Waals surface area contributed by atoms with E-state index >= 15 is 0 Å². The Hall–Kier alpha value is -2.77. The van der Waals surface area contributed by atoms with Crippen molar-refractivity contribution in [3.63, 3.8) is 0 Å². The van der Waals surface area contributed by atoms with Crippen molar-refractivity contribution in [2.24, 2.45) is 5.10 Å². The van der Waals surface area contributed by atoms with Gasteiger partial charge in [-0.05, 0) is 25.5 Å². The van der Waals surface area contributed by atoms with Crippen LogP contribution in [0.4, 0.5) is 5.69 Å². The Morgan fingerprint density at radius 3 is 2.45 bits per heavy atom. The maximum Gasteiger partial charge on any atom is 0.271 e. The molecule has 1 aromatic carbocycles. The van der Waals surface area contributed by atoms with Crippen LogP contribution in [0, 0.1) is 10.1 Å². The van der Waals surface area contributed by atoms with Crippen LogP contribution in [0.1, 0.15) is 37.0 Å². The second kappa shape index (κ2) is 8.50. The summed E-state index contributed by atoms with van der Waals surface area (Å²) in [4.78, 5) is 33.2. The van der Waals surface area contributed by atoms with E-state index in [0.29, 0.717) is 12.3 Å². The van der Waals surface area contributed by atoms with Crippen LogP contribution in [0.15, 0.2) is 29.4 Å². The van der Waals surface area contributed by atoms with Gasteiger partial charge in [-0.15, -0.1) is 0 Å². The fraction of sp³-hybridized carbons (Fsp3) is 0.357. The quantitative estimate of drug-likeness (QED) is 0.452. The van der Waals surface area contributed by atoms with E-state index in [-0.39, 0.29) is 23.6 Å². The summed E-state index contributed by atoms with van der Waals surface area (Å²) in [5.74, 6) is -0.657. The molecule has 0 aromatic heterocycles. The number of carbonyl (C=O) groups is 2. The molecule has 2 amide bonds. The highest BCUT2D eigenvalue weighted by molar-refractivity contribution is 6.01. The molecule has 0 atom stereocenters. The molecule has 0 radical (unpaired) electrons. The summed E-state index contributed by atoms with van der Waals surface area (Å²) in [7, 11) is 0. The van der Waals surface area contributed by atoms with Gasteiger partial charge in [0, 0.05) is 30.0 Å². The number of amides is 2. The van der Waals surface area contributed by atoms with Gasteiger partial charge in [0.05, 0.1) is 11.3 Å². The van der Waals surface area contributed by atoms with Crippen LogP contribution in [0.3, 0.4) is 0 Å². The van der Waals surface area contributed by atoms with Gasteiger partial charge < -0.3 is 5.32 Å². The van der Waals surface area contributed by atoms with Gasteiger partial charge in [-0.25, -0.2) is 5.43 Å². The van der Waals surface area contributed by atoms with Gasteiger partial charge in [-0.1, -0.05) is 6.92 Å². The highest BCUT2D eigenvalue weighted by atomic mass is 16.6. The third kappa shape index (κ3) is 5.70. The Morgan fingerprint density at radius 2 is 1.91 bits per heavy atom. The van der Waals surface area contributed by atoms with Crippen molar-refractivity contribution in [1.82, 2.24) is 10.7 Å². The molecule has 0 unspecified atom stereocenters. The monoisotopic (exact) mass is 306 g/mol. The number of nitro benzene ring substituents is 1. The molecule has 8 heteroatoms. The number of non-ortho nitro benzene ring substituents is 1. The molecule has 8 nitrogen and oxygen atoms in total. The lowest BCUT2D eigenvalue weighted by Gasteiger charge is -2.04. The van der Waals surface area contributed by atoms with E-state index in [0.717, 1.165) is 6.42 Å². The van der Waals surface area contributed by atoms with E-state index in [1.165, 1.54) is 24.3 Å². The molecule has 0 aliphatic carbocycles. The zero-order valence-electron chi connectivity index (χ0n) is 12.5. The molecular formula is C14H18N4O4. The van der Waals surface area contributed by atoms with Gasteiger partial charge in [-0.3, -0.25) is 19.7 Å². The zero-order chi connectivity index (χ0) is 16.5. The minimum Gasteiger partial charge on any atom is -0.356 e. The van der Waals surface area contributed by atoms with Crippen LogP contribution in [0.2, 0.25) is 0 Å². The minimum absolute atomic E-state index is 0.0937. The number of nitrogens with zero attached hydrogens (tertiary/aromatic N) is 2. The number of benzene rings is 1. The SMILES string of the molecule is CCCNC(=O)C/C(C)=N/NC(=O)c1ccc([N+](=O)[O-])cc1. The smallest absolute Gasteiger partial charge is 0.271 e. The van der Waals surface area contributed by atoms with Crippen LogP contribution >= 0.6 is 0 Å². The van der Waals surface area contributed by atoms with E-state index in [1.54, 1.807) is 6.92 Å². The number of nitro groups is 1. The molecule has 0 saturated carbocycles. The molecule has 0 fully saturated rings. The molecule has 1 aromatic rings. The topological polar surface area (TPSA) is 114 Å². The third-order valence-corrected chi connectivity index (χ3v) is 2.68. The average Bonchev–Trinajstić information content (AvgIpc) is 2.50. The van der Waals surface area contributed by atoms with E-state index in [2.05, 4.69) is 15.8 Å². The predicted octanol–water partition coefficient (Wildman–Crippen LogP) is 1.62. The molecule has 0 aliphatic rings. The molecule has 0 spiro atoms. The largest absolute Gasteiger partial charge is 0.356 e. The van der Waals surface area contributed by atoms with Crippen LogP contribution in [-0.2, 0) is 4.79 Å². The first kappa shape index (κ1) is 17.3. The van der Waals surface area contributed by atoms with Crippen LogP contribution in [0.25, 0.3) is 0 Å². The molecule has 0 saturated heterocycles. The molecule has 0 aliphatic heterocycles. The molecular weight excluding hydrogens is 288 g/mol. The van der Waals surface area contributed by atoms with Gasteiger partial charge in [0.1, 0.15) is 0 Å². The lowest BCUT2D eigenvalue weighted by atomic mass is 10.2. The van der Waals surface area contributed by atoms with E-state index in [9.17, 15) is 19.7 Å². The number of carbonyl (C=O) groups excluding carboxylic acids is 2. The van der Waals surface area contributed by atoms with Gasteiger partial charge in [0.2, 0.25) is 5.91 Å². The first-order valence-corrected chi connectivity index (χ1v) is 6.78. The molecule has 22 heavy (non-hydrogen) atoms. The number of hydrogen-bond donors (Lipinski definition) is 2. The predicted molar refractivity (Wildman–Crippen MR) is 81.6 cm³/mol. The van der Waals surface area contributed by atoms with Gasteiger partial charge >= 0.3 is 0 Å². The first-order valence-electron chi connectivity index (χ1n) is 6.78. The minimum atomic E-state index is -0.543. The van der Waals surface area contributed by atoms with Crippen LogP contribution in [-0.4, -0.2) is 29.0 Å². The van der Waals surface area contributed by atoms with E-state index in [4.69, 9.17) is 0 Å². The normalized spacial score (nSPS) is 10.9. The molecule has 0 bridgehead atoms. The zero-order valence-corrected chi connectivity index (χ0v) is 12.5. The van der Waals surface area contributed by atoms with Crippen molar-refractivity contribution < 1.29 is 14.5 Å². The lowest BCUT2D eigenvalue weighted by Crippen LogP contribution is -2.27. The highest BCUT2D eigenvalue weighted by Crippen LogP contribution is 2.11. The maximum absolute atomic E-state index is 11.8. The third-order valence-electron chi connectivity index (χ3n) is 2.68. The highest BCUT2D eigenvalue weighted by Gasteiger charge is 2.09. The number of hydrazone groups is 1. The molecule has 2 N–H and O–H groups in total. The number of nitrogens with one attached hydrogen (secondary N) is 2. The summed E-state index contributed by atoms with van der Waals surface area (Å²) < 4.78 is 0. The summed E-state index contributed by atoms with van der Waals surface area (Å²) in [6.07, 6.45) is 0.944. The van der Waals surface area contributed by atoms with Crippen molar-refractivity contribution in [3.05, 3.63) is 39.9 Å². The average molecular weight is 306 g/mol. The second-order valence-corrected chi connectivity index (χ2v) is 4.62. The summed E-state index contributed by atoms with van der Waals surface area (Å²) >= 11 is 0. The van der Waals surface area contributed by atoms with Crippen LogP contribution < -0.4 is 10.7 Å². The summed E-state index contributed by atoms with van der Waals surface area (Å²) in [6, 6.07) is 5.16. The fourth-order valence-corrected chi connectivity index (χ4v) is 1.54. The Morgan fingerprint density at radius 1 is 1.27 bits per heavy atom. The van der Waals surface area contributed by atoms with Crippen molar-refractivity contribution in [3.8, 4) is 0 Å². The summed E-state index contributed by atoms with van der Waals surface area (Å²) in [6.45, 7) is 4.18. The van der Waals surface area contributed by atoms with E-state index < -0.39 is 10.8 Å². The standard InChI is InChI=1S/C14H18N4O4/c1-3-8-15-13(19)9-10(2)16-17-14(20)11-4-6-12(7-5-11)18(21)22/h4-7H,3,8-9H2,1-2H3,(H,15,19)(H,17,20)/b16-10+. The second-order valence-electron chi connectivity index (χ2n) is 4.62. The Balaban J connectivity index is 2.55. The van der Waals surface area contributed by atoms with Gasteiger partial charge in [0.15, 0.2) is 0 Å². The lowest BCUT2D eigenvalue weighted by molar-refractivity contribution is -0.384. The summed E-state index contributed by atoms with van der Waals surface area (Å²) in [5, 5.41) is 17.1. The number of rotatable bonds is 7. The number of hydrogen-bond acceptors (Lipinski definition) is 5. The Bertz CT molecular complexity index is 581. The Labute approximate surface area is 127 Å². The van der Waals surface area contributed by atoms with Crippen molar-refractivity contribution in [1.29, 1.82) is 0 Å². The fourth-order valence-electron chi connectivity index (χ4n) is 1.54. The maximum atomic E-state index is 11.8. The van der Waals surface area contributed by atoms with E-state index in [1.807, 2.05) is 6.92 Å². The summed E-state index contributed by atoms with van der Waals surface area (Å²) in [5.41, 5.74) is 2.92. The Kier molecular flexibility index (Phi) is 6.68. The van der Waals surface area contributed by atoms with Crippen molar-refractivity contribution >= 4 is 23.2 Å². The van der Waals surface area contributed by atoms with Crippen molar-refractivity contribution in [2.75, 3.05) is 6.54 Å². The molecule has 118 valence electrons. The van der Waals surface area contributed by atoms with Crippen LogP contribution in [0.5, 0.6) is 0 Å². The van der Waals surface area contributed by atoms with Crippen molar-refractivity contribution in [2.45, 2.75) is 26.7 Å². The molecule has 0 heterocycles.